The van der Waals surface area contributed by atoms with Crippen molar-refractivity contribution >= 4 is 28.1 Å². The van der Waals surface area contributed by atoms with Gasteiger partial charge in [-0.15, -0.1) is 11.3 Å². The third-order valence-electron chi connectivity index (χ3n) is 5.12. The highest BCUT2D eigenvalue weighted by Crippen LogP contribution is 2.36. The SMILES string of the molecule is CC[C@H](C(=O)N1CCOCC1)N(c1ccc(OC)cc1)c1nc(C(C)(C)C)cs1. The number of hydrogen-bond acceptors (Lipinski definition) is 6. The van der Waals surface area contributed by atoms with Crippen LogP contribution in [0.3, 0.4) is 0 Å². The van der Waals surface area contributed by atoms with Crippen molar-refractivity contribution in [2.75, 3.05) is 38.3 Å². The van der Waals surface area contributed by atoms with E-state index in [1.807, 2.05) is 29.2 Å². The smallest absolute Gasteiger partial charge is 0.245 e. The number of carbonyl (C=O) groups excluding carboxylic acids is 1. The summed E-state index contributed by atoms with van der Waals surface area (Å²) < 4.78 is 10.7. The lowest BCUT2D eigenvalue weighted by molar-refractivity contribution is -0.136. The number of carbonyl (C=O) groups is 1. The maximum Gasteiger partial charge on any atom is 0.245 e. The Kier molecular flexibility index (Phi) is 6.80. The van der Waals surface area contributed by atoms with Gasteiger partial charge in [0.25, 0.3) is 0 Å². The van der Waals surface area contributed by atoms with Crippen molar-refractivity contribution in [2.45, 2.75) is 45.6 Å². The number of nitrogens with zero attached hydrogens (tertiary/aromatic N) is 3. The van der Waals surface area contributed by atoms with Crippen molar-refractivity contribution in [3.63, 3.8) is 0 Å². The Hall–Kier alpha value is -2.12. The molecule has 1 amide bonds. The van der Waals surface area contributed by atoms with E-state index < -0.39 is 0 Å². The monoisotopic (exact) mass is 417 g/mol. The summed E-state index contributed by atoms with van der Waals surface area (Å²) in [6.07, 6.45) is 0.687. The van der Waals surface area contributed by atoms with Crippen LogP contribution in [0.5, 0.6) is 5.75 Å². The van der Waals surface area contributed by atoms with Crippen LogP contribution in [0.1, 0.15) is 39.8 Å². The first-order valence-corrected chi connectivity index (χ1v) is 11.0. The van der Waals surface area contributed by atoms with Crippen molar-refractivity contribution in [2.24, 2.45) is 0 Å². The van der Waals surface area contributed by atoms with Gasteiger partial charge in [-0.3, -0.25) is 4.79 Å². The van der Waals surface area contributed by atoms with Crippen molar-refractivity contribution in [3.8, 4) is 5.75 Å². The highest BCUT2D eigenvalue weighted by atomic mass is 32.1. The topological polar surface area (TPSA) is 54.9 Å². The molecule has 158 valence electrons. The maximum absolute atomic E-state index is 13.4. The number of methoxy groups -OCH3 is 1. The van der Waals surface area contributed by atoms with E-state index >= 15 is 0 Å². The number of amides is 1. The predicted molar refractivity (Wildman–Crippen MR) is 117 cm³/mol. The standard InChI is InChI=1S/C22H31N3O3S/c1-6-18(20(26)24-11-13-28-14-12-24)25(16-7-9-17(27-5)10-8-16)21-23-19(15-29-21)22(2,3)4/h7-10,15,18H,6,11-14H2,1-5H3/t18-/m1/s1. The van der Waals surface area contributed by atoms with Crippen molar-refractivity contribution in [1.29, 1.82) is 0 Å². The van der Waals surface area contributed by atoms with E-state index in [0.717, 1.165) is 22.3 Å². The Morgan fingerprint density at radius 1 is 1.28 bits per heavy atom. The minimum atomic E-state index is -0.319. The molecular formula is C22H31N3O3S. The van der Waals surface area contributed by atoms with Gasteiger partial charge in [0, 0.05) is 29.6 Å². The highest BCUT2D eigenvalue weighted by molar-refractivity contribution is 7.13. The second kappa shape index (κ2) is 9.13. The normalized spacial score (nSPS) is 15.8. The first-order chi connectivity index (χ1) is 13.8. The average molecular weight is 418 g/mol. The number of rotatable bonds is 6. The summed E-state index contributed by atoms with van der Waals surface area (Å²) in [5, 5.41) is 2.94. The van der Waals surface area contributed by atoms with Crippen LogP contribution < -0.4 is 9.64 Å². The molecule has 0 spiro atoms. The van der Waals surface area contributed by atoms with E-state index in [1.54, 1.807) is 18.4 Å². The Bertz CT molecular complexity index is 807. The molecule has 0 aliphatic carbocycles. The fourth-order valence-electron chi connectivity index (χ4n) is 3.35. The van der Waals surface area contributed by atoms with E-state index in [1.165, 1.54) is 0 Å². The zero-order chi connectivity index (χ0) is 21.0. The van der Waals surface area contributed by atoms with Gasteiger partial charge in [0.2, 0.25) is 5.91 Å². The fraction of sp³-hybridized carbons (Fsp3) is 0.545. The molecule has 1 saturated heterocycles. The van der Waals surface area contributed by atoms with Gasteiger partial charge in [0.15, 0.2) is 5.13 Å². The molecule has 0 bridgehead atoms. The van der Waals surface area contributed by atoms with E-state index in [0.29, 0.717) is 32.7 Å². The molecule has 3 rings (SSSR count). The van der Waals surface area contributed by atoms with Crippen LogP contribution in [-0.2, 0) is 14.9 Å². The van der Waals surface area contributed by atoms with Gasteiger partial charge in [-0.05, 0) is 30.7 Å². The summed E-state index contributed by atoms with van der Waals surface area (Å²) in [4.78, 5) is 22.3. The molecule has 1 aliphatic rings. The fourth-order valence-corrected chi connectivity index (χ4v) is 4.47. The molecule has 29 heavy (non-hydrogen) atoms. The van der Waals surface area contributed by atoms with Gasteiger partial charge in [-0.1, -0.05) is 27.7 Å². The van der Waals surface area contributed by atoms with Crippen LogP contribution in [0.25, 0.3) is 0 Å². The van der Waals surface area contributed by atoms with Gasteiger partial charge in [-0.25, -0.2) is 4.98 Å². The van der Waals surface area contributed by atoms with Gasteiger partial charge in [0.1, 0.15) is 11.8 Å². The molecule has 1 aromatic heterocycles. The summed E-state index contributed by atoms with van der Waals surface area (Å²) in [5.41, 5.74) is 1.93. The number of thiazole rings is 1. The van der Waals surface area contributed by atoms with Gasteiger partial charge in [-0.2, -0.15) is 0 Å². The third kappa shape index (κ3) is 4.90. The van der Waals surface area contributed by atoms with Crippen molar-refractivity contribution < 1.29 is 14.3 Å². The van der Waals surface area contributed by atoms with E-state index in [-0.39, 0.29) is 17.4 Å². The zero-order valence-corrected chi connectivity index (χ0v) is 18.8. The summed E-state index contributed by atoms with van der Waals surface area (Å²) in [5.74, 6) is 0.912. The number of ether oxygens (including phenoxy) is 2. The molecule has 0 radical (unpaired) electrons. The molecule has 1 fully saturated rings. The van der Waals surface area contributed by atoms with Crippen LogP contribution in [0, 0.1) is 0 Å². The third-order valence-corrected chi connectivity index (χ3v) is 5.96. The molecule has 6 nitrogen and oxygen atoms in total. The molecule has 0 saturated carbocycles. The second-order valence-electron chi connectivity index (χ2n) is 8.20. The summed E-state index contributed by atoms with van der Waals surface area (Å²) in [7, 11) is 1.65. The number of hydrogen-bond donors (Lipinski definition) is 0. The van der Waals surface area contributed by atoms with Crippen LogP contribution in [0.4, 0.5) is 10.8 Å². The van der Waals surface area contributed by atoms with Crippen LogP contribution in [0.15, 0.2) is 29.6 Å². The lowest BCUT2D eigenvalue weighted by Gasteiger charge is -2.35. The van der Waals surface area contributed by atoms with Crippen LogP contribution in [0.2, 0.25) is 0 Å². The summed E-state index contributed by atoms with van der Waals surface area (Å²) in [6, 6.07) is 7.51. The predicted octanol–water partition coefficient (Wildman–Crippen LogP) is 4.22. The number of aromatic nitrogens is 1. The van der Waals surface area contributed by atoms with E-state index in [9.17, 15) is 4.79 Å². The minimum Gasteiger partial charge on any atom is -0.497 e. The molecular weight excluding hydrogens is 386 g/mol. The summed E-state index contributed by atoms with van der Waals surface area (Å²) in [6.45, 7) is 11.0. The van der Waals surface area contributed by atoms with Gasteiger partial charge >= 0.3 is 0 Å². The largest absolute Gasteiger partial charge is 0.497 e. The lowest BCUT2D eigenvalue weighted by Crippen LogP contribution is -2.50. The Morgan fingerprint density at radius 3 is 2.45 bits per heavy atom. The molecule has 2 aromatic rings. The molecule has 1 aromatic carbocycles. The first-order valence-electron chi connectivity index (χ1n) is 10.1. The maximum atomic E-state index is 13.4. The Labute approximate surface area is 177 Å². The second-order valence-corrected chi connectivity index (χ2v) is 9.03. The first kappa shape index (κ1) is 21.6. The van der Waals surface area contributed by atoms with Crippen molar-refractivity contribution in [1.82, 2.24) is 9.88 Å². The van der Waals surface area contributed by atoms with Crippen molar-refractivity contribution in [3.05, 3.63) is 35.3 Å². The zero-order valence-electron chi connectivity index (χ0n) is 18.0. The number of benzene rings is 1. The minimum absolute atomic E-state index is 0.0454. The molecule has 0 N–H and O–H groups in total. The van der Waals surface area contributed by atoms with Crippen LogP contribution >= 0.6 is 11.3 Å². The Morgan fingerprint density at radius 2 is 1.93 bits per heavy atom. The molecule has 2 heterocycles. The molecule has 1 aliphatic heterocycles. The summed E-state index contributed by atoms with van der Waals surface area (Å²) >= 11 is 1.59. The van der Waals surface area contributed by atoms with E-state index in [4.69, 9.17) is 14.5 Å². The van der Waals surface area contributed by atoms with Gasteiger partial charge < -0.3 is 19.3 Å². The molecule has 0 unspecified atom stereocenters. The Balaban J connectivity index is 2.00. The highest BCUT2D eigenvalue weighted by Gasteiger charge is 2.33. The molecule has 1 atom stereocenters. The number of morpholine rings is 1. The lowest BCUT2D eigenvalue weighted by atomic mass is 9.93. The average Bonchev–Trinajstić information content (AvgIpc) is 3.22. The quantitative estimate of drug-likeness (QED) is 0.704. The van der Waals surface area contributed by atoms with E-state index in [2.05, 4.69) is 38.0 Å². The number of anilines is 2. The molecule has 7 heteroatoms. The van der Waals surface area contributed by atoms with Crippen LogP contribution in [-0.4, -0.2) is 55.2 Å². The van der Waals surface area contributed by atoms with Gasteiger partial charge in [0.05, 0.1) is 26.0 Å².